The minimum absolute atomic E-state index is 0.449. The summed E-state index contributed by atoms with van der Waals surface area (Å²) in [6, 6.07) is 7.52. The van der Waals surface area contributed by atoms with Gasteiger partial charge in [-0.15, -0.1) is 0 Å². The summed E-state index contributed by atoms with van der Waals surface area (Å²) < 4.78 is 11.2. The average molecular weight is 192 g/mol. The molecule has 0 bridgehead atoms. The first kappa shape index (κ1) is 9.06. The molecule has 0 unspecified atom stereocenters. The monoisotopic (exact) mass is 192 g/mol. The lowest BCUT2D eigenvalue weighted by Crippen LogP contribution is -2.34. The van der Waals surface area contributed by atoms with E-state index in [1.807, 2.05) is 31.2 Å². The van der Waals surface area contributed by atoms with Gasteiger partial charge in [0.2, 0.25) is 5.79 Å². The first-order valence-corrected chi connectivity index (χ1v) is 4.64. The van der Waals surface area contributed by atoms with Gasteiger partial charge in [-0.1, -0.05) is 12.1 Å². The molecule has 0 amide bonds. The molecule has 1 aliphatic heterocycles. The number of para-hydroxylation sites is 2. The van der Waals surface area contributed by atoms with Crippen molar-refractivity contribution >= 4 is 6.29 Å². The fourth-order valence-corrected chi connectivity index (χ4v) is 1.53. The SMILES string of the molecule is CC1(CCC=O)Oc2ccccc2O1. The quantitative estimate of drug-likeness (QED) is 0.688. The Kier molecular flexibility index (Phi) is 2.15. The molecule has 0 saturated carbocycles. The number of aldehydes is 1. The molecule has 0 aromatic heterocycles. The summed E-state index contributed by atoms with van der Waals surface area (Å²) in [5.74, 6) is 0.826. The molecule has 0 atom stereocenters. The summed E-state index contributed by atoms with van der Waals surface area (Å²) in [6.45, 7) is 1.84. The molecule has 2 rings (SSSR count). The van der Waals surface area contributed by atoms with Crippen LogP contribution in [0.4, 0.5) is 0 Å². The smallest absolute Gasteiger partial charge is 0.249 e. The normalized spacial score (nSPS) is 16.6. The first-order valence-electron chi connectivity index (χ1n) is 4.64. The van der Waals surface area contributed by atoms with Crippen molar-refractivity contribution in [2.24, 2.45) is 0 Å². The summed E-state index contributed by atoms with van der Waals surface area (Å²) >= 11 is 0. The molecule has 0 spiro atoms. The van der Waals surface area contributed by atoms with Crippen LogP contribution in [0.3, 0.4) is 0 Å². The Morgan fingerprint density at radius 3 is 2.36 bits per heavy atom. The Morgan fingerprint density at radius 2 is 1.86 bits per heavy atom. The van der Waals surface area contributed by atoms with Crippen LogP contribution >= 0.6 is 0 Å². The molecule has 0 fully saturated rings. The van der Waals surface area contributed by atoms with Gasteiger partial charge in [0.1, 0.15) is 6.29 Å². The lowest BCUT2D eigenvalue weighted by Gasteiger charge is -2.21. The van der Waals surface area contributed by atoms with Crippen molar-refractivity contribution in [3.8, 4) is 11.5 Å². The van der Waals surface area contributed by atoms with Gasteiger partial charge in [0.05, 0.1) is 0 Å². The fraction of sp³-hybridized carbons (Fsp3) is 0.364. The predicted octanol–water partition coefficient (Wildman–Crippen LogP) is 2.15. The molecule has 1 aromatic carbocycles. The maximum absolute atomic E-state index is 10.3. The Morgan fingerprint density at radius 1 is 1.29 bits per heavy atom. The van der Waals surface area contributed by atoms with Crippen molar-refractivity contribution < 1.29 is 14.3 Å². The second kappa shape index (κ2) is 3.33. The lowest BCUT2D eigenvalue weighted by atomic mass is 10.2. The van der Waals surface area contributed by atoms with Crippen molar-refractivity contribution in [2.45, 2.75) is 25.6 Å². The Balaban J connectivity index is 2.13. The van der Waals surface area contributed by atoms with Crippen molar-refractivity contribution in [3.05, 3.63) is 24.3 Å². The van der Waals surface area contributed by atoms with Crippen LogP contribution in [0.2, 0.25) is 0 Å². The summed E-state index contributed by atoms with van der Waals surface area (Å²) in [5.41, 5.74) is 0. The van der Waals surface area contributed by atoms with Crippen LogP contribution in [0.25, 0.3) is 0 Å². The summed E-state index contributed by atoms with van der Waals surface area (Å²) in [5, 5.41) is 0. The van der Waals surface area contributed by atoms with Gasteiger partial charge < -0.3 is 14.3 Å². The van der Waals surface area contributed by atoms with Gasteiger partial charge in [-0.25, -0.2) is 0 Å². The molecular weight excluding hydrogens is 180 g/mol. The second-order valence-corrected chi connectivity index (χ2v) is 3.49. The zero-order valence-electron chi connectivity index (χ0n) is 8.03. The number of fused-ring (bicyclic) bond motifs is 1. The highest BCUT2D eigenvalue weighted by molar-refractivity contribution is 5.49. The van der Waals surface area contributed by atoms with Crippen LogP contribution in [-0.2, 0) is 4.79 Å². The number of hydrogen-bond donors (Lipinski definition) is 0. The number of carbonyl (C=O) groups excluding carboxylic acids is 1. The van der Waals surface area contributed by atoms with Gasteiger partial charge in [-0.3, -0.25) is 0 Å². The molecule has 3 nitrogen and oxygen atoms in total. The average Bonchev–Trinajstić information content (AvgIpc) is 2.51. The molecule has 14 heavy (non-hydrogen) atoms. The van der Waals surface area contributed by atoms with Crippen molar-refractivity contribution in [1.29, 1.82) is 0 Å². The van der Waals surface area contributed by atoms with Crippen LogP contribution in [0.1, 0.15) is 19.8 Å². The molecule has 0 N–H and O–H groups in total. The number of hydrogen-bond acceptors (Lipinski definition) is 3. The molecule has 1 aromatic rings. The number of benzene rings is 1. The summed E-state index contributed by atoms with van der Waals surface area (Å²) in [4.78, 5) is 10.3. The standard InChI is InChI=1S/C11H12O3/c1-11(7-4-8-12)13-9-5-2-3-6-10(9)14-11/h2-3,5-6,8H,4,7H2,1H3. The van der Waals surface area contributed by atoms with E-state index in [-0.39, 0.29) is 0 Å². The van der Waals surface area contributed by atoms with E-state index in [0.717, 1.165) is 17.8 Å². The molecule has 74 valence electrons. The zero-order chi connectivity index (χ0) is 10.0. The van der Waals surface area contributed by atoms with Crippen molar-refractivity contribution in [1.82, 2.24) is 0 Å². The van der Waals surface area contributed by atoms with Crippen LogP contribution < -0.4 is 9.47 Å². The lowest BCUT2D eigenvalue weighted by molar-refractivity contribution is -0.112. The molecule has 1 aliphatic rings. The Hall–Kier alpha value is -1.51. The van der Waals surface area contributed by atoms with Crippen LogP contribution in [0.5, 0.6) is 11.5 Å². The van der Waals surface area contributed by atoms with E-state index in [1.54, 1.807) is 0 Å². The van der Waals surface area contributed by atoms with E-state index in [9.17, 15) is 4.79 Å². The van der Waals surface area contributed by atoms with Crippen LogP contribution in [0, 0.1) is 0 Å². The first-order chi connectivity index (χ1) is 6.73. The largest absolute Gasteiger partial charge is 0.449 e. The summed E-state index contributed by atoms with van der Waals surface area (Å²) in [7, 11) is 0. The van der Waals surface area contributed by atoms with Crippen LogP contribution in [-0.4, -0.2) is 12.1 Å². The summed E-state index contributed by atoms with van der Waals surface area (Å²) in [6.07, 6.45) is 1.90. The predicted molar refractivity (Wildman–Crippen MR) is 51.4 cm³/mol. The molecule has 0 saturated heterocycles. The van der Waals surface area contributed by atoms with Crippen molar-refractivity contribution in [3.63, 3.8) is 0 Å². The minimum atomic E-state index is -0.676. The highest BCUT2D eigenvalue weighted by atomic mass is 16.7. The topological polar surface area (TPSA) is 35.5 Å². The molecular formula is C11H12O3. The third kappa shape index (κ3) is 1.58. The third-order valence-corrected chi connectivity index (χ3v) is 2.22. The highest BCUT2D eigenvalue weighted by Crippen LogP contribution is 2.40. The van der Waals surface area contributed by atoms with Gasteiger partial charge >= 0.3 is 0 Å². The Bertz CT molecular complexity index is 321. The van der Waals surface area contributed by atoms with Gasteiger partial charge in [0.15, 0.2) is 11.5 Å². The molecule has 3 heteroatoms. The van der Waals surface area contributed by atoms with Gasteiger partial charge in [-0.2, -0.15) is 0 Å². The minimum Gasteiger partial charge on any atom is -0.449 e. The maximum Gasteiger partial charge on any atom is 0.249 e. The number of ether oxygens (including phenoxy) is 2. The van der Waals surface area contributed by atoms with E-state index in [4.69, 9.17) is 9.47 Å². The van der Waals surface area contributed by atoms with Gasteiger partial charge in [0, 0.05) is 19.8 Å². The van der Waals surface area contributed by atoms with Gasteiger partial charge in [0.25, 0.3) is 0 Å². The fourth-order valence-electron chi connectivity index (χ4n) is 1.53. The highest BCUT2D eigenvalue weighted by Gasteiger charge is 2.35. The maximum atomic E-state index is 10.3. The van der Waals surface area contributed by atoms with Gasteiger partial charge in [-0.05, 0) is 12.1 Å². The van der Waals surface area contributed by atoms with E-state index in [2.05, 4.69) is 0 Å². The molecule has 0 aliphatic carbocycles. The Labute approximate surface area is 82.6 Å². The molecule has 0 radical (unpaired) electrons. The van der Waals surface area contributed by atoms with Crippen LogP contribution in [0.15, 0.2) is 24.3 Å². The van der Waals surface area contributed by atoms with E-state index in [1.165, 1.54) is 0 Å². The van der Waals surface area contributed by atoms with Crippen molar-refractivity contribution in [2.75, 3.05) is 0 Å². The van der Waals surface area contributed by atoms with E-state index < -0.39 is 5.79 Å². The number of carbonyl (C=O) groups is 1. The zero-order valence-corrected chi connectivity index (χ0v) is 8.03. The van der Waals surface area contributed by atoms with E-state index in [0.29, 0.717) is 12.8 Å². The van der Waals surface area contributed by atoms with E-state index >= 15 is 0 Å². The second-order valence-electron chi connectivity index (χ2n) is 3.49. The molecule has 1 heterocycles. The number of rotatable bonds is 3. The third-order valence-electron chi connectivity index (χ3n) is 2.22.